The number of phosphoric acid groups is 1. The van der Waals surface area contributed by atoms with Crippen molar-refractivity contribution in [3.63, 3.8) is 0 Å². The molecule has 5 atom stereocenters. The van der Waals surface area contributed by atoms with E-state index in [4.69, 9.17) is 26.3 Å². The molecule has 0 aromatic rings. The lowest BCUT2D eigenvalue weighted by Crippen LogP contribution is -2.47. The molecular weight excluding hydrogens is 465 g/mol. The van der Waals surface area contributed by atoms with E-state index in [0.717, 1.165) is 6.54 Å². The molecule has 0 aliphatic rings. The Labute approximate surface area is 181 Å². The summed E-state index contributed by atoms with van der Waals surface area (Å²) in [7, 11) is -4.44. The standard InChI is InChI=1S/C13H30ClN2O9P.2ClH/c14-2-4-16-6-5-15-3-1-7-24-26(22,23)25-9-11(19)13(21)12(20)10(18)8-17;;/h10-13,15-21H,1-9H2,(H,22,23);2*1H/t10-,11-,12-,13-;;/m1../s1. The lowest BCUT2D eigenvalue weighted by atomic mass is 10.0. The smallest absolute Gasteiger partial charge is 0.394 e. The molecule has 0 radical (unpaired) electrons. The van der Waals surface area contributed by atoms with Gasteiger partial charge in [0.2, 0.25) is 0 Å². The molecular formula is C13H32Cl3N2O9P. The van der Waals surface area contributed by atoms with Crippen LogP contribution in [0.4, 0.5) is 0 Å². The second-order valence-corrected chi connectivity index (χ2v) is 7.27. The van der Waals surface area contributed by atoms with Crippen LogP contribution in [0.2, 0.25) is 0 Å². The first kappa shape index (κ1) is 33.3. The van der Waals surface area contributed by atoms with Crippen LogP contribution in [0.25, 0.3) is 0 Å². The normalized spacial score (nSPS) is 17.5. The third kappa shape index (κ3) is 16.5. The van der Waals surface area contributed by atoms with Crippen LogP contribution in [0, 0.1) is 0 Å². The maximum atomic E-state index is 11.6. The third-order valence-electron chi connectivity index (χ3n) is 3.24. The lowest BCUT2D eigenvalue weighted by molar-refractivity contribution is -0.122. The van der Waals surface area contributed by atoms with Gasteiger partial charge < -0.3 is 41.1 Å². The van der Waals surface area contributed by atoms with Crippen LogP contribution >= 0.6 is 44.2 Å². The number of aliphatic hydroxyl groups is 5. The zero-order valence-electron chi connectivity index (χ0n) is 15.2. The van der Waals surface area contributed by atoms with Gasteiger partial charge in [-0.05, 0) is 13.0 Å². The van der Waals surface area contributed by atoms with Gasteiger partial charge in [-0.1, -0.05) is 0 Å². The Morgan fingerprint density at radius 3 is 1.96 bits per heavy atom. The molecule has 0 fully saturated rings. The summed E-state index contributed by atoms with van der Waals surface area (Å²) in [5.74, 6) is 0.534. The van der Waals surface area contributed by atoms with Gasteiger partial charge in [-0.2, -0.15) is 0 Å². The first-order valence-corrected chi connectivity index (χ1v) is 10.2. The maximum Gasteiger partial charge on any atom is 0.472 e. The van der Waals surface area contributed by atoms with E-state index in [-0.39, 0.29) is 31.4 Å². The summed E-state index contributed by atoms with van der Waals surface area (Å²) < 4.78 is 20.9. The van der Waals surface area contributed by atoms with E-state index in [1.165, 1.54) is 0 Å². The molecule has 0 aromatic heterocycles. The highest BCUT2D eigenvalue weighted by atomic mass is 35.5. The molecule has 11 nitrogen and oxygen atoms in total. The van der Waals surface area contributed by atoms with E-state index < -0.39 is 45.5 Å². The van der Waals surface area contributed by atoms with Crippen LogP contribution in [-0.2, 0) is 13.6 Å². The Bertz CT molecular complexity index is 404. The van der Waals surface area contributed by atoms with E-state index in [2.05, 4.69) is 15.2 Å². The largest absolute Gasteiger partial charge is 0.472 e. The van der Waals surface area contributed by atoms with Crippen molar-refractivity contribution in [3.05, 3.63) is 0 Å². The molecule has 174 valence electrons. The van der Waals surface area contributed by atoms with E-state index in [0.29, 0.717) is 31.9 Å². The van der Waals surface area contributed by atoms with E-state index in [1.807, 2.05) is 0 Å². The summed E-state index contributed by atoms with van der Waals surface area (Å²) in [6, 6.07) is 0. The molecule has 1 unspecified atom stereocenters. The third-order valence-corrected chi connectivity index (χ3v) is 4.41. The highest BCUT2D eigenvalue weighted by Gasteiger charge is 2.32. The molecule has 0 saturated heterocycles. The first-order valence-electron chi connectivity index (χ1n) is 8.17. The molecule has 15 heteroatoms. The molecule has 0 aromatic carbocycles. The highest BCUT2D eigenvalue weighted by Crippen LogP contribution is 2.43. The molecule has 0 rings (SSSR count). The number of rotatable bonds is 17. The van der Waals surface area contributed by atoms with Crippen molar-refractivity contribution in [2.75, 3.05) is 51.9 Å². The lowest BCUT2D eigenvalue weighted by Gasteiger charge is -2.25. The second-order valence-electron chi connectivity index (χ2n) is 5.44. The Hall–Kier alpha value is 0.700. The predicted octanol–water partition coefficient (Wildman–Crippen LogP) is -1.79. The molecule has 8 N–H and O–H groups in total. The maximum absolute atomic E-state index is 11.6. The predicted molar refractivity (Wildman–Crippen MR) is 108 cm³/mol. The van der Waals surface area contributed by atoms with Crippen molar-refractivity contribution >= 4 is 44.2 Å². The molecule has 0 aliphatic heterocycles. The summed E-state index contributed by atoms with van der Waals surface area (Å²) in [6.07, 6.45) is -6.72. The molecule has 0 saturated carbocycles. The van der Waals surface area contributed by atoms with Crippen molar-refractivity contribution in [2.24, 2.45) is 0 Å². The van der Waals surface area contributed by atoms with Gasteiger partial charge >= 0.3 is 7.82 Å². The van der Waals surface area contributed by atoms with Crippen molar-refractivity contribution in [1.82, 2.24) is 10.6 Å². The fourth-order valence-corrected chi connectivity index (χ4v) is 2.65. The van der Waals surface area contributed by atoms with Gasteiger partial charge in [0.05, 0.1) is 19.8 Å². The van der Waals surface area contributed by atoms with E-state index in [9.17, 15) is 24.8 Å². The van der Waals surface area contributed by atoms with E-state index in [1.54, 1.807) is 0 Å². The van der Waals surface area contributed by atoms with E-state index >= 15 is 0 Å². The summed E-state index contributed by atoms with van der Waals surface area (Å²) in [5.41, 5.74) is 0. The summed E-state index contributed by atoms with van der Waals surface area (Å²) in [4.78, 5) is 9.46. The minimum Gasteiger partial charge on any atom is -0.394 e. The zero-order chi connectivity index (χ0) is 20.0. The van der Waals surface area contributed by atoms with Crippen LogP contribution in [0.1, 0.15) is 6.42 Å². The fraction of sp³-hybridized carbons (Fsp3) is 1.00. The summed E-state index contributed by atoms with van der Waals surface area (Å²) in [6.45, 7) is 1.00. The molecule has 0 heterocycles. The highest BCUT2D eigenvalue weighted by molar-refractivity contribution is 7.47. The SMILES string of the molecule is Cl.Cl.O=P(O)(OCCCNCCNCCCl)OC[C@@H](O)[C@@H](O)[C@H](O)[C@H](O)CO. The molecule has 0 amide bonds. The first-order chi connectivity index (χ1) is 12.2. The molecule has 0 aliphatic carbocycles. The Kier molecular flexibility index (Phi) is 23.4. The summed E-state index contributed by atoms with van der Waals surface area (Å²) >= 11 is 5.50. The van der Waals surface area contributed by atoms with Crippen molar-refractivity contribution in [2.45, 2.75) is 30.8 Å². The number of alkyl halides is 1. The number of halogens is 3. The molecule has 28 heavy (non-hydrogen) atoms. The minimum atomic E-state index is -4.44. The fourth-order valence-electron chi connectivity index (χ4n) is 1.74. The van der Waals surface area contributed by atoms with Crippen molar-refractivity contribution in [3.8, 4) is 0 Å². The van der Waals surface area contributed by atoms with Crippen LogP contribution in [0.5, 0.6) is 0 Å². The summed E-state index contributed by atoms with van der Waals surface area (Å²) in [5, 5.41) is 52.5. The Morgan fingerprint density at radius 1 is 0.893 bits per heavy atom. The number of hydrogen-bond donors (Lipinski definition) is 8. The Balaban J connectivity index is -0.00000312. The van der Waals surface area contributed by atoms with Crippen molar-refractivity contribution in [1.29, 1.82) is 0 Å². The van der Waals surface area contributed by atoms with Gasteiger partial charge in [0.1, 0.15) is 24.4 Å². The van der Waals surface area contributed by atoms with Crippen molar-refractivity contribution < 1.29 is 44.0 Å². The monoisotopic (exact) mass is 496 g/mol. The van der Waals surface area contributed by atoms with Gasteiger partial charge in [0.25, 0.3) is 0 Å². The quantitative estimate of drug-likeness (QED) is 0.0645. The van der Waals surface area contributed by atoms with Gasteiger partial charge in [0, 0.05) is 25.5 Å². The topological polar surface area (TPSA) is 181 Å². The zero-order valence-corrected chi connectivity index (χ0v) is 18.5. The number of nitrogens with one attached hydrogen (secondary N) is 2. The number of aliphatic hydroxyl groups excluding tert-OH is 5. The minimum absolute atomic E-state index is 0. The average molecular weight is 498 g/mol. The van der Waals surface area contributed by atoms with Crippen LogP contribution in [0.3, 0.4) is 0 Å². The van der Waals surface area contributed by atoms with Gasteiger partial charge in [-0.25, -0.2) is 4.57 Å². The second kappa shape index (κ2) is 19.7. The number of hydrogen-bond acceptors (Lipinski definition) is 10. The van der Waals surface area contributed by atoms with Crippen LogP contribution in [0.15, 0.2) is 0 Å². The van der Waals surface area contributed by atoms with Gasteiger partial charge in [-0.3, -0.25) is 9.05 Å². The van der Waals surface area contributed by atoms with Gasteiger partial charge in [0.15, 0.2) is 0 Å². The number of phosphoric ester groups is 1. The van der Waals surface area contributed by atoms with Gasteiger partial charge in [-0.15, -0.1) is 36.4 Å². The molecule has 0 spiro atoms. The van der Waals surface area contributed by atoms with Crippen LogP contribution < -0.4 is 10.6 Å². The van der Waals surface area contributed by atoms with Crippen LogP contribution in [-0.4, -0.2) is 107 Å². The average Bonchev–Trinajstić information content (AvgIpc) is 2.62. The molecule has 0 bridgehead atoms. The Morgan fingerprint density at radius 2 is 1.43 bits per heavy atom.